The van der Waals surface area contributed by atoms with Gasteiger partial charge in [0.1, 0.15) is 11.9 Å². The molecule has 3 aromatic rings. The summed E-state index contributed by atoms with van der Waals surface area (Å²) in [7, 11) is 0. The van der Waals surface area contributed by atoms with Crippen molar-refractivity contribution < 1.29 is 9.50 Å². The first-order valence-corrected chi connectivity index (χ1v) is 7.34. The van der Waals surface area contributed by atoms with Gasteiger partial charge in [-0.2, -0.15) is 0 Å². The van der Waals surface area contributed by atoms with Crippen molar-refractivity contribution in [3.8, 4) is 0 Å². The molecular weight excluding hydrogens is 333 g/mol. The molecule has 0 radical (unpaired) electrons. The topological polar surface area (TPSA) is 33.1 Å². The molecule has 0 saturated heterocycles. The molecule has 0 bridgehead atoms. The molecule has 0 spiro atoms. The van der Waals surface area contributed by atoms with Crippen LogP contribution in [0.2, 0.25) is 0 Å². The van der Waals surface area contributed by atoms with Gasteiger partial charge in [-0.3, -0.25) is 4.98 Å². The number of pyridine rings is 1. The van der Waals surface area contributed by atoms with Gasteiger partial charge in [0.15, 0.2) is 0 Å². The van der Waals surface area contributed by atoms with E-state index in [1.165, 1.54) is 12.1 Å². The summed E-state index contributed by atoms with van der Waals surface area (Å²) in [5, 5.41) is 11.5. The van der Waals surface area contributed by atoms with Crippen molar-refractivity contribution in [3.63, 3.8) is 0 Å². The highest BCUT2D eigenvalue weighted by Crippen LogP contribution is 2.32. The van der Waals surface area contributed by atoms with Crippen LogP contribution < -0.4 is 0 Å². The molecule has 1 N–H and O–H groups in total. The number of aryl methyl sites for hydroxylation is 1. The minimum atomic E-state index is -0.912. The van der Waals surface area contributed by atoms with Crippen molar-refractivity contribution in [2.75, 3.05) is 0 Å². The zero-order chi connectivity index (χ0) is 15.0. The predicted molar refractivity (Wildman–Crippen MR) is 84.6 cm³/mol. The molecule has 3 rings (SSSR count). The summed E-state index contributed by atoms with van der Waals surface area (Å²) in [6.07, 6.45) is 0.770. The molecule has 0 aliphatic rings. The van der Waals surface area contributed by atoms with Gasteiger partial charge in [0.05, 0.1) is 5.52 Å². The van der Waals surface area contributed by atoms with Gasteiger partial charge < -0.3 is 5.11 Å². The van der Waals surface area contributed by atoms with Crippen molar-refractivity contribution in [1.82, 2.24) is 4.98 Å². The van der Waals surface area contributed by atoms with E-state index in [0.717, 1.165) is 15.4 Å². The Morgan fingerprint density at radius 1 is 1.19 bits per heavy atom. The monoisotopic (exact) mass is 345 g/mol. The molecule has 0 amide bonds. The average molecular weight is 346 g/mol. The SMILES string of the molecule is Cc1cc(F)cc(C(O)c2ccc(Br)c3cccnc23)c1. The number of nitrogens with zero attached hydrogens (tertiary/aromatic N) is 1. The average Bonchev–Trinajstić information content (AvgIpc) is 2.46. The number of halogens is 2. The lowest BCUT2D eigenvalue weighted by atomic mass is 9.97. The Balaban J connectivity index is 2.18. The molecule has 4 heteroatoms. The molecule has 0 aliphatic heterocycles. The molecule has 1 atom stereocenters. The minimum absolute atomic E-state index is 0.349. The van der Waals surface area contributed by atoms with Crippen molar-refractivity contribution in [2.45, 2.75) is 13.0 Å². The van der Waals surface area contributed by atoms with Crippen molar-refractivity contribution in [3.05, 3.63) is 75.6 Å². The maximum absolute atomic E-state index is 13.5. The Morgan fingerprint density at radius 3 is 2.76 bits per heavy atom. The lowest BCUT2D eigenvalue weighted by Crippen LogP contribution is -2.03. The summed E-state index contributed by atoms with van der Waals surface area (Å²) in [4.78, 5) is 4.35. The van der Waals surface area contributed by atoms with Gasteiger partial charge in [0.25, 0.3) is 0 Å². The van der Waals surface area contributed by atoms with Gasteiger partial charge in [-0.15, -0.1) is 0 Å². The van der Waals surface area contributed by atoms with Crippen LogP contribution in [0, 0.1) is 12.7 Å². The highest BCUT2D eigenvalue weighted by Gasteiger charge is 2.16. The molecule has 21 heavy (non-hydrogen) atoms. The molecule has 1 aromatic heterocycles. The van der Waals surface area contributed by atoms with Crippen molar-refractivity contribution in [1.29, 1.82) is 0 Å². The minimum Gasteiger partial charge on any atom is -0.384 e. The first kappa shape index (κ1) is 14.2. The number of aromatic nitrogens is 1. The smallest absolute Gasteiger partial charge is 0.123 e. The number of benzene rings is 2. The van der Waals surface area contributed by atoms with Crippen LogP contribution in [0.1, 0.15) is 22.8 Å². The van der Waals surface area contributed by atoms with Gasteiger partial charge in [-0.25, -0.2) is 4.39 Å². The van der Waals surface area contributed by atoms with E-state index in [0.29, 0.717) is 16.6 Å². The van der Waals surface area contributed by atoms with Crippen LogP contribution >= 0.6 is 15.9 Å². The van der Waals surface area contributed by atoms with Gasteiger partial charge >= 0.3 is 0 Å². The third kappa shape index (κ3) is 2.69. The first-order chi connectivity index (χ1) is 10.1. The van der Waals surface area contributed by atoms with Crippen LogP contribution in [0.4, 0.5) is 4.39 Å². The maximum atomic E-state index is 13.5. The third-order valence-electron chi connectivity index (χ3n) is 3.42. The van der Waals surface area contributed by atoms with E-state index in [2.05, 4.69) is 20.9 Å². The molecule has 0 aliphatic carbocycles. The van der Waals surface area contributed by atoms with E-state index in [9.17, 15) is 9.50 Å². The number of hydrogen-bond acceptors (Lipinski definition) is 2. The van der Waals surface area contributed by atoms with Crippen molar-refractivity contribution >= 4 is 26.8 Å². The van der Waals surface area contributed by atoms with Gasteiger partial charge in [0, 0.05) is 21.6 Å². The van der Waals surface area contributed by atoms with Crippen molar-refractivity contribution in [2.24, 2.45) is 0 Å². The zero-order valence-corrected chi connectivity index (χ0v) is 12.9. The second-order valence-corrected chi connectivity index (χ2v) is 5.85. The highest BCUT2D eigenvalue weighted by atomic mass is 79.9. The molecule has 1 heterocycles. The standard InChI is InChI=1S/C17H13BrFNO/c1-10-7-11(9-12(19)8-10)17(21)14-4-5-15(18)13-3-2-6-20-16(13)14/h2-9,17,21H,1H3. The van der Waals surface area contributed by atoms with Gasteiger partial charge in [-0.1, -0.05) is 34.1 Å². The fourth-order valence-electron chi connectivity index (χ4n) is 2.48. The number of rotatable bonds is 2. The van der Waals surface area contributed by atoms with E-state index in [1.54, 1.807) is 19.2 Å². The number of fused-ring (bicyclic) bond motifs is 1. The van der Waals surface area contributed by atoms with Gasteiger partial charge in [0.2, 0.25) is 0 Å². The summed E-state index contributed by atoms with van der Waals surface area (Å²) in [5.74, 6) is -0.349. The molecule has 0 saturated carbocycles. The number of aliphatic hydroxyl groups excluding tert-OH is 1. The Bertz CT molecular complexity index is 799. The van der Waals surface area contributed by atoms with Crippen LogP contribution in [-0.4, -0.2) is 10.1 Å². The Hall–Kier alpha value is -1.78. The number of hydrogen-bond donors (Lipinski definition) is 1. The Morgan fingerprint density at radius 2 is 2.00 bits per heavy atom. The molecule has 106 valence electrons. The lowest BCUT2D eigenvalue weighted by Gasteiger charge is -2.15. The van der Waals surface area contributed by atoms with Crippen LogP contribution in [-0.2, 0) is 0 Å². The molecule has 1 unspecified atom stereocenters. The van der Waals surface area contributed by atoms with Crippen LogP contribution in [0.3, 0.4) is 0 Å². The third-order valence-corrected chi connectivity index (χ3v) is 4.11. The normalized spacial score (nSPS) is 12.6. The second-order valence-electron chi connectivity index (χ2n) is 5.00. The molecule has 0 fully saturated rings. The van der Waals surface area contributed by atoms with Crippen LogP contribution in [0.25, 0.3) is 10.9 Å². The lowest BCUT2D eigenvalue weighted by molar-refractivity contribution is 0.221. The summed E-state index contributed by atoms with van der Waals surface area (Å²) in [6, 6.07) is 12.0. The van der Waals surface area contributed by atoms with E-state index >= 15 is 0 Å². The second kappa shape index (κ2) is 5.54. The molecule has 2 aromatic carbocycles. The largest absolute Gasteiger partial charge is 0.384 e. The van der Waals surface area contributed by atoms with E-state index in [1.807, 2.05) is 24.3 Å². The Kier molecular flexibility index (Phi) is 3.74. The summed E-state index contributed by atoms with van der Waals surface area (Å²) >= 11 is 3.48. The fourth-order valence-corrected chi connectivity index (χ4v) is 2.93. The fraction of sp³-hybridized carbons (Fsp3) is 0.118. The first-order valence-electron chi connectivity index (χ1n) is 6.54. The molecular formula is C17H13BrFNO. The quantitative estimate of drug-likeness (QED) is 0.740. The summed E-state index contributed by atoms with van der Waals surface area (Å²) in [6.45, 7) is 1.80. The number of aliphatic hydroxyl groups is 1. The predicted octanol–water partition coefficient (Wildman–Crippen LogP) is 4.53. The van der Waals surface area contributed by atoms with Crippen LogP contribution in [0.5, 0.6) is 0 Å². The van der Waals surface area contributed by atoms with Crippen LogP contribution in [0.15, 0.2) is 53.1 Å². The van der Waals surface area contributed by atoms with E-state index in [4.69, 9.17) is 0 Å². The van der Waals surface area contributed by atoms with Gasteiger partial charge in [-0.05, 0) is 42.3 Å². The maximum Gasteiger partial charge on any atom is 0.123 e. The summed E-state index contributed by atoms with van der Waals surface area (Å²) < 4.78 is 14.5. The highest BCUT2D eigenvalue weighted by molar-refractivity contribution is 9.10. The zero-order valence-electron chi connectivity index (χ0n) is 11.3. The van der Waals surface area contributed by atoms with E-state index in [-0.39, 0.29) is 5.82 Å². The summed E-state index contributed by atoms with van der Waals surface area (Å²) in [5.41, 5.74) is 2.68. The van der Waals surface area contributed by atoms with E-state index < -0.39 is 6.10 Å². The Labute approximate surface area is 130 Å². The molecule has 2 nitrogen and oxygen atoms in total.